The highest BCUT2D eigenvalue weighted by atomic mass is 15.0. The highest BCUT2D eigenvalue weighted by Gasteiger charge is 2.28. The first-order chi connectivity index (χ1) is 4.91. The van der Waals surface area contributed by atoms with Gasteiger partial charge in [0.1, 0.15) is 0 Å². The molecule has 2 aliphatic heterocycles. The van der Waals surface area contributed by atoms with E-state index in [-0.39, 0.29) is 5.54 Å². The molecule has 0 aromatic carbocycles. The number of nitrogens with one attached hydrogen (secondary N) is 1. The summed E-state index contributed by atoms with van der Waals surface area (Å²) < 4.78 is 0. The standard InChI is InChI=1S/C8H10N2/c1-2-5-10-8(3-1)4-6-9-7-8/h1-3,5-6,10H,4,7H2. The molecule has 1 N–H and O–H groups in total. The van der Waals surface area contributed by atoms with Crippen molar-refractivity contribution in [1.29, 1.82) is 0 Å². The SMILES string of the molecule is C1=CNC2(C=C1)CC=NC2. The summed E-state index contributed by atoms with van der Waals surface area (Å²) >= 11 is 0. The van der Waals surface area contributed by atoms with Crippen LogP contribution in [0.4, 0.5) is 0 Å². The molecular weight excluding hydrogens is 124 g/mol. The van der Waals surface area contributed by atoms with Crippen molar-refractivity contribution in [3.8, 4) is 0 Å². The van der Waals surface area contributed by atoms with Crippen LogP contribution in [-0.4, -0.2) is 18.3 Å². The van der Waals surface area contributed by atoms with E-state index < -0.39 is 0 Å². The van der Waals surface area contributed by atoms with Crippen LogP contribution in [0.2, 0.25) is 0 Å². The molecule has 0 fully saturated rings. The minimum absolute atomic E-state index is 0.134. The summed E-state index contributed by atoms with van der Waals surface area (Å²) in [6.45, 7) is 0.883. The van der Waals surface area contributed by atoms with Gasteiger partial charge in [0.25, 0.3) is 0 Å². The van der Waals surface area contributed by atoms with Crippen molar-refractivity contribution >= 4 is 6.21 Å². The van der Waals surface area contributed by atoms with Crippen LogP contribution in [0.25, 0.3) is 0 Å². The molecule has 52 valence electrons. The molecule has 2 heterocycles. The largest absolute Gasteiger partial charge is 0.380 e. The normalized spacial score (nSPS) is 35.2. The zero-order chi connectivity index (χ0) is 6.86. The lowest BCUT2D eigenvalue weighted by atomic mass is 9.96. The molecule has 0 aliphatic carbocycles. The van der Waals surface area contributed by atoms with Crippen LogP contribution < -0.4 is 5.32 Å². The molecule has 1 spiro atoms. The van der Waals surface area contributed by atoms with Crippen LogP contribution >= 0.6 is 0 Å². The quantitative estimate of drug-likeness (QED) is 0.522. The van der Waals surface area contributed by atoms with Gasteiger partial charge in [-0.15, -0.1) is 0 Å². The second kappa shape index (κ2) is 1.97. The molecule has 2 rings (SSSR count). The van der Waals surface area contributed by atoms with Crippen molar-refractivity contribution in [3.63, 3.8) is 0 Å². The lowest BCUT2D eigenvalue weighted by Crippen LogP contribution is -2.41. The lowest BCUT2D eigenvalue weighted by Gasteiger charge is -2.26. The van der Waals surface area contributed by atoms with Crippen molar-refractivity contribution < 1.29 is 0 Å². The first kappa shape index (κ1) is 5.71. The van der Waals surface area contributed by atoms with E-state index in [1.807, 2.05) is 18.5 Å². The Hall–Kier alpha value is -1.05. The molecule has 0 bridgehead atoms. The predicted molar refractivity (Wildman–Crippen MR) is 42.1 cm³/mol. The first-order valence-electron chi connectivity index (χ1n) is 3.52. The Bertz CT molecular complexity index is 205. The summed E-state index contributed by atoms with van der Waals surface area (Å²) in [5.74, 6) is 0. The Morgan fingerprint density at radius 3 is 3.00 bits per heavy atom. The van der Waals surface area contributed by atoms with Crippen LogP contribution in [0.3, 0.4) is 0 Å². The highest BCUT2D eigenvalue weighted by Crippen LogP contribution is 2.18. The summed E-state index contributed by atoms with van der Waals surface area (Å²) in [5.41, 5.74) is 0.134. The van der Waals surface area contributed by atoms with E-state index in [1.54, 1.807) is 0 Å². The van der Waals surface area contributed by atoms with E-state index in [2.05, 4.69) is 22.5 Å². The smallest absolute Gasteiger partial charge is 0.0798 e. The summed E-state index contributed by atoms with van der Waals surface area (Å²) in [5, 5.41) is 3.30. The Kier molecular flexibility index (Phi) is 1.13. The molecule has 0 amide bonds. The molecule has 0 saturated heterocycles. The Morgan fingerprint density at radius 1 is 1.40 bits per heavy atom. The summed E-state index contributed by atoms with van der Waals surface area (Å²) in [4.78, 5) is 4.19. The van der Waals surface area contributed by atoms with E-state index in [9.17, 15) is 0 Å². The van der Waals surface area contributed by atoms with Crippen LogP contribution in [-0.2, 0) is 0 Å². The average molecular weight is 134 g/mol. The fourth-order valence-corrected chi connectivity index (χ4v) is 1.30. The maximum atomic E-state index is 4.19. The molecule has 1 unspecified atom stereocenters. The van der Waals surface area contributed by atoms with Gasteiger partial charge in [-0.05, 0) is 12.3 Å². The van der Waals surface area contributed by atoms with Gasteiger partial charge < -0.3 is 5.32 Å². The molecule has 0 aromatic heterocycles. The number of aliphatic imine (C=N–C) groups is 1. The molecule has 1 atom stereocenters. The minimum Gasteiger partial charge on any atom is -0.380 e. The van der Waals surface area contributed by atoms with Gasteiger partial charge in [-0.1, -0.05) is 12.2 Å². The maximum absolute atomic E-state index is 4.19. The molecule has 0 aromatic rings. The fraction of sp³-hybridized carbons (Fsp3) is 0.375. The molecule has 0 saturated carbocycles. The monoisotopic (exact) mass is 134 g/mol. The van der Waals surface area contributed by atoms with Crippen molar-refractivity contribution in [3.05, 3.63) is 24.4 Å². The summed E-state index contributed by atoms with van der Waals surface area (Å²) in [7, 11) is 0. The first-order valence-corrected chi connectivity index (χ1v) is 3.52. The van der Waals surface area contributed by atoms with Crippen molar-refractivity contribution in [2.24, 2.45) is 4.99 Å². The topological polar surface area (TPSA) is 24.4 Å². The second-order valence-corrected chi connectivity index (χ2v) is 2.75. The van der Waals surface area contributed by atoms with Gasteiger partial charge in [-0.2, -0.15) is 0 Å². The van der Waals surface area contributed by atoms with Gasteiger partial charge in [0.2, 0.25) is 0 Å². The maximum Gasteiger partial charge on any atom is 0.0798 e. The number of allylic oxidation sites excluding steroid dienone is 2. The Morgan fingerprint density at radius 2 is 2.40 bits per heavy atom. The number of hydrogen-bond donors (Lipinski definition) is 1. The fourth-order valence-electron chi connectivity index (χ4n) is 1.30. The Labute approximate surface area is 60.3 Å². The summed E-state index contributed by atoms with van der Waals surface area (Å²) in [6.07, 6.45) is 11.2. The second-order valence-electron chi connectivity index (χ2n) is 2.75. The molecule has 2 aliphatic rings. The lowest BCUT2D eigenvalue weighted by molar-refractivity contribution is 0.505. The number of rotatable bonds is 0. The van der Waals surface area contributed by atoms with Crippen LogP contribution in [0.5, 0.6) is 0 Å². The predicted octanol–water partition coefficient (Wildman–Crippen LogP) is 0.873. The third-order valence-electron chi connectivity index (χ3n) is 1.95. The minimum atomic E-state index is 0.134. The molecule has 2 nitrogen and oxygen atoms in total. The van der Waals surface area contributed by atoms with Gasteiger partial charge in [0.05, 0.1) is 12.1 Å². The number of nitrogens with zero attached hydrogens (tertiary/aromatic N) is 1. The molecule has 2 heteroatoms. The number of dihydropyridines is 1. The van der Waals surface area contributed by atoms with E-state index >= 15 is 0 Å². The van der Waals surface area contributed by atoms with Gasteiger partial charge in [-0.3, -0.25) is 4.99 Å². The third kappa shape index (κ3) is 0.764. The molecule has 10 heavy (non-hydrogen) atoms. The van der Waals surface area contributed by atoms with E-state index in [0.29, 0.717) is 0 Å². The van der Waals surface area contributed by atoms with Crippen molar-refractivity contribution in [1.82, 2.24) is 5.32 Å². The van der Waals surface area contributed by atoms with E-state index in [0.717, 1.165) is 13.0 Å². The van der Waals surface area contributed by atoms with Gasteiger partial charge in [-0.25, -0.2) is 0 Å². The van der Waals surface area contributed by atoms with E-state index in [1.165, 1.54) is 0 Å². The zero-order valence-electron chi connectivity index (χ0n) is 5.75. The van der Waals surface area contributed by atoms with Crippen LogP contribution in [0.15, 0.2) is 29.4 Å². The average Bonchev–Trinajstić information content (AvgIpc) is 2.39. The summed E-state index contributed by atoms with van der Waals surface area (Å²) in [6, 6.07) is 0. The van der Waals surface area contributed by atoms with Crippen molar-refractivity contribution in [2.75, 3.05) is 6.54 Å². The molecule has 0 radical (unpaired) electrons. The number of hydrogen-bond acceptors (Lipinski definition) is 2. The van der Waals surface area contributed by atoms with Gasteiger partial charge in [0, 0.05) is 12.6 Å². The zero-order valence-corrected chi connectivity index (χ0v) is 5.75. The van der Waals surface area contributed by atoms with E-state index in [4.69, 9.17) is 0 Å². The third-order valence-corrected chi connectivity index (χ3v) is 1.95. The molecular formula is C8H10N2. The Balaban J connectivity index is 2.17. The van der Waals surface area contributed by atoms with Crippen LogP contribution in [0, 0.1) is 0 Å². The van der Waals surface area contributed by atoms with Crippen LogP contribution in [0.1, 0.15) is 6.42 Å². The van der Waals surface area contributed by atoms with Gasteiger partial charge in [0.15, 0.2) is 0 Å². The van der Waals surface area contributed by atoms with Gasteiger partial charge >= 0.3 is 0 Å². The highest BCUT2D eigenvalue weighted by molar-refractivity contribution is 5.63. The van der Waals surface area contributed by atoms with Crippen molar-refractivity contribution in [2.45, 2.75) is 12.0 Å².